The summed E-state index contributed by atoms with van der Waals surface area (Å²) in [7, 11) is 0. The van der Waals surface area contributed by atoms with Crippen molar-refractivity contribution >= 4 is 23.5 Å². The molecule has 0 bridgehead atoms. The lowest BCUT2D eigenvalue weighted by Crippen LogP contribution is -2.40. The smallest absolute Gasteiger partial charge is 0.326 e. The molecule has 1 aromatic rings. The first-order chi connectivity index (χ1) is 10.6. The zero-order valence-electron chi connectivity index (χ0n) is 12.6. The molecule has 0 saturated carbocycles. The maximum absolute atomic E-state index is 12.1. The van der Waals surface area contributed by atoms with Crippen molar-refractivity contribution in [3.05, 3.63) is 47.5 Å². The van der Waals surface area contributed by atoms with Crippen LogP contribution in [0, 0.1) is 0 Å². The molecule has 0 radical (unpaired) electrons. The number of aliphatic carboxylic acids is 1. The number of halogens is 1. The third kappa shape index (κ3) is 6.31. The van der Waals surface area contributed by atoms with E-state index >= 15 is 0 Å². The van der Waals surface area contributed by atoms with Crippen LogP contribution in [0.2, 0.25) is 5.02 Å². The fourth-order valence-corrected chi connectivity index (χ4v) is 2.35. The molecule has 0 aromatic heterocycles. The van der Waals surface area contributed by atoms with Gasteiger partial charge in [0.2, 0.25) is 0 Å². The van der Waals surface area contributed by atoms with Gasteiger partial charge in [-0.25, -0.2) is 4.79 Å². The summed E-state index contributed by atoms with van der Waals surface area (Å²) in [4.78, 5) is 23.3. The minimum Gasteiger partial charge on any atom is -0.480 e. The van der Waals surface area contributed by atoms with Crippen molar-refractivity contribution in [2.45, 2.75) is 44.6 Å². The molecule has 4 nitrogen and oxygen atoms in total. The van der Waals surface area contributed by atoms with Gasteiger partial charge in [-0.05, 0) is 31.4 Å². The normalized spacial score (nSPS) is 11.7. The van der Waals surface area contributed by atoms with E-state index in [2.05, 4.69) is 11.9 Å². The monoisotopic (exact) mass is 323 g/mol. The number of benzene rings is 1. The van der Waals surface area contributed by atoms with Gasteiger partial charge in [-0.2, -0.15) is 0 Å². The molecular weight excluding hydrogens is 302 g/mol. The van der Waals surface area contributed by atoms with Gasteiger partial charge in [0.05, 0.1) is 10.6 Å². The molecule has 0 unspecified atom stereocenters. The van der Waals surface area contributed by atoms with Crippen molar-refractivity contribution in [3.63, 3.8) is 0 Å². The van der Waals surface area contributed by atoms with E-state index < -0.39 is 17.9 Å². The van der Waals surface area contributed by atoms with Crippen LogP contribution >= 0.6 is 11.6 Å². The van der Waals surface area contributed by atoms with Crippen molar-refractivity contribution in [1.29, 1.82) is 0 Å². The van der Waals surface area contributed by atoms with Crippen LogP contribution in [-0.2, 0) is 4.79 Å². The molecule has 0 aliphatic carbocycles. The van der Waals surface area contributed by atoms with Gasteiger partial charge >= 0.3 is 5.97 Å². The first kappa shape index (κ1) is 18.2. The van der Waals surface area contributed by atoms with E-state index in [0.717, 1.165) is 32.1 Å². The van der Waals surface area contributed by atoms with Gasteiger partial charge in [0.15, 0.2) is 0 Å². The fourth-order valence-electron chi connectivity index (χ4n) is 2.13. The summed E-state index contributed by atoms with van der Waals surface area (Å²) in [5.74, 6) is -1.48. The number of hydrogen-bond acceptors (Lipinski definition) is 2. The number of allylic oxidation sites excluding steroid dienone is 1. The molecule has 0 fully saturated rings. The third-order valence-electron chi connectivity index (χ3n) is 3.37. The maximum atomic E-state index is 12.1. The molecule has 0 spiro atoms. The van der Waals surface area contributed by atoms with Crippen molar-refractivity contribution < 1.29 is 14.7 Å². The van der Waals surface area contributed by atoms with E-state index in [1.807, 2.05) is 6.08 Å². The van der Waals surface area contributed by atoms with Gasteiger partial charge in [0, 0.05) is 0 Å². The Morgan fingerprint density at radius 1 is 1.23 bits per heavy atom. The summed E-state index contributed by atoms with van der Waals surface area (Å²) in [6.07, 6.45) is 7.08. The minimum absolute atomic E-state index is 0.293. The second-order valence-electron chi connectivity index (χ2n) is 5.12. The van der Waals surface area contributed by atoms with Gasteiger partial charge in [-0.3, -0.25) is 4.79 Å². The molecule has 0 heterocycles. The number of amides is 1. The highest BCUT2D eigenvalue weighted by Crippen LogP contribution is 2.15. The van der Waals surface area contributed by atoms with Crippen LogP contribution in [0.1, 0.15) is 48.9 Å². The van der Waals surface area contributed by atoms with E-state index in [1.54, 1.807) is 24.3 Å². The van der Waals surface area contributed by atoms with E-state index in [4.69, 9.17) is 11.6 Å². The number of unbranched alkanes of at least 4 members (excludes halogenated alkanes) is 4. The predicted octanol–water partition coefficient (Wildman–Crippen LogP) is 4.05. The van der Waals surface area contributed by atoms with Crippen LogP contribution in [0.15, 0.2) is 36.9 Å². The number of carboxylic acids is 1. The summed E-state index contributed by atoms with van der Waals surface area (Å²) >= 11 is 5.94. The van der Waals surface area contributed by atoms with Gasteiger partial charge in [-0.1, -0.05) is 49.1 Å². The Labute approximate surface area is 136 Å². The predicted molar refractivity (Wildman–Crippen MR) is 88.2 cm³/mol. The SMILES string of the molecule is C=CCCCCCC[C@@H](NC(=O)c1ccccc1Cl)C(=O)O. The number of rotatable bonds is 10. The number of carbonyl (C=O) groups excluding carboxylic acids is 1. The summed E-state index contributed by atoms with van der Waals surface area (Å²) in [5, 5.41) is 12.1. The Bertz CT molecular complexity index is 516. The highest BCUT2D eigenvalue weighted by Gasteiger charge is 2.21. The zero-order chi connectivity index (χ0) is 16.4. The van der Waals surface area contributed by atoms with Gasteiger partial charge in [0.1, 0.15) is 6.04 Å². The average Bonchev–Trinajstić information content (AvgIpc) is 2.49. The first-order valence-electron chi connectivity index (χ1n) is 7.45. The van der Waals surface area contributed by atoms with E-state index in [-0.39, 0.29) is 0 Å². The molecular formula is C17H22ClNO3. The molecule has 0 aliphatic rings. The lowest BCUT2D eigenvalue weighted by atomic mass is 10.1. The van der Waals surface area contributed by atoms with Crippen LogP contribution in [0.25, 0.3) is 0 Å². The van der Waals surface area contributed by atoms with Crippen LogP contribution in [0.3, 0.4) is 0 Å². The largest absolute Gasteiger partial charge is 0.480 e. The van der Waals surface area contributed by atoms with E-state index in [0.29, 0.717) is 17.0 Å². The van der Waals surface area contributed by atoms with Crippen molar-refractivity contribution in [2.75, 3.05) is 0 Å². The zero-order valence-corrected chi connectivity index (χ0v) is 13.3. The van der Waals surface area contributed by atoms with Crippen LogP contribution in [0.4, 0.5) is 0 Å². The van der Waals surface area contributed by atoms with E-state index in [9.17, 15) is 14.7 Å². The van der Waals surface area contributed by atoms with Gasteiger partial charge in [0.25, 0.3) is 5.91 Å². The third-order valence-corrected chi connectivity index (χ3v) is 3.70. The molecule has 120 valence electrons. The van der Waals surface area contributed by atoms with Crippen LogP contribution < -0.4 is 5.32 Å². The molecule has 0 saturated heterocycles. The summed E-state index contributed by atoms with van der Waals surface area (Å²) < 4.78 is 0. The molecule has 5 heteroatoms. The standard InChI is InChI=1S/C17H22ClNO3/c1-2-3-4-5-6-7-12-15(17(21)22)19-16(20)13-10-8-9-11-14(13)18/h2,8-11,15H,1,3-7,12H2,(H,19,20)(H,21,22)/t15-/m1/s1. The molecule has 1 amide bonds. The molecule has 2 N–H and O–H groups in total. The molecule has 1 rings (SSSR count). The summed E-state index contributed by atoms with van der Waals surface area (Å²) in [5.41, 5.74) is 0.293. The van der Waals surface area contributed by atoms with Crippen molar-refractivity contribution in [2.24, 2.45) is 0 Å². The van der Waals surface area contributed by atoms with Gasteiger partial charge in [-0.15, -0.1) is 6.58 Å². The Morgan fingerprint density at radius 2 is 1.91 bits per heavy atom. The molecule has 1 aromatic carbocycles. The molecule has 1 atom stereocenters. The lowest BCUT2D eigenvalue weighted by molar-refractivity contribution is -0.139. The average molecular weight is 324 g/mol. The number of nitrogens with one attached hydrogen (secondary N) is 1. The first-order valence-corrected chi connectivity index (χ1v) is 7.83. The van der Waals surface area contributed by atoms with Crippen molar-refractivity contribution in [3.8, 4) is 0 Å². The highest BCUT2D eigenvalue weighted by atomic mass is 35.5. The molecule has 22 heavy (non-hydrogen) atoms. The Balaban J connectivity index is 2.47. The van der Waals surface area contributed by atoms with Gasteiger partial charge < -0.3 is 10.4 Å². The lowest BCUT2D eigenvalue weighted by Gasteiger charge is -2.15. The fraction of sp³-hybridized carbons (Fsp3) is 0.412. The van der Waals surface area contributed by atoms with Crippen LogP contribution in [-0.4, -0.2) is 23.0 Å². The van der Waals surface area contributed by atoms with Crippen LogP contribution in [0.5, 0.6) is 0 Å². The highest BCUT2D eigenvalue weighted by molar-refractivity contribution is 6.33. The quantitative estimate of drug-likeness (QED) is 0.504. The topological polar surface area (TPSA) is 66.4 Å². The summed E-state index contributed by atoms with van der Waals surface area (Å²) in [6, 6.07) is 5.70. The maximum Gasteiger partial charge on any atom is 0.326 e. The minimum atomic E-state index is -1.02. The van der Waals surface area contributed by atoms with E-state index in [1.165, 1.54) is 0 Å². The summed E-state index contributed by atoms with van der Waals surface area (Å²) in [6.45, 7) is 3.66. The molecule has 0 aliphatic heterocycles. The second kappa shape index (κ2) is 10.0. The number of hydrogen-bond donors (Lipinski definition) is 2. The second-order valence-corrected chi connectivity index (χ2v) is 5.53. The Kier molecular flexibility index (Phi) is 8.30. The Morgan fingerprint density at radius 3 is 2.55 bits per heavy atom. The number of carbonyl (C=O) groups is 2. The Hall–Kier alpha value is -1.81. The van der Waals surface area contributed by atoms with Crippen molar-refractivity contribution in [1.82, 2.24) is 5.32 Å². The number of carboxylic acid groups (broad SMARTS) is 1.